The van der Waals surface area contributed by atoms with Crippen LogP contribution in [0.1, 0.15) is 84.8 Å². The van der Waals surface area contributed by atoms with E-state index in [9.17, 15) is 14.4 Å². The number of imidazole rings is 1. The molecule has 3 aromatic heterocycles. The summed E-state index contributed by atoms with van der Waals surface area (Å²) in [7, 11) is 5.59. The maximum atomic E-state index is 13.0. The third kappa shape index (κ3) is 13.2. The standard InChI is InChI=1S/C51H59ClN8O4S2.2CH4O.CH2O/c1-7-8-15-43(49(63)53-5)58(6)42-19-17-39(40-14-10-12-35(30-62)44(40)42)33-20-23-59(24-21-33)50-56-41-18-16-38(55-48(41)57-50)31-65-60-25-22-37(29-51(60,3)4)54-36-13-9-11-34(28-36)47-45(52)46(32(2)66-47)64-27-26-61;3*1-2/h7,9-14,16-19,26,28,30,33,37,43,54H,1,8,15,20-25,27,29,31H2,2-6H3,(H,53,63)(H,55,56,57);2*2H,1H3;1H2. The molecule has 15 nitrogen and oxygen atoms in total. The highest BCUT2D eigenvalue weighted by Gasteiger charge is 2.36. The molecule has 8 rings (SSSR count). The number of fused-ring (bicyclic) bond motifs is 2. The quantitative estimate of drug-likeness (QED) is 0.0310. The molecule has 18 heteroatoms. The van der Waals surface area contributed by atoms with Crippen molar-refractivity contribution in [2.24, 2.45) is 0 Å². The molecule has 3 aromatic carbocycles. The Morgan fingerprint density at radius 2 is 1.78 bits per heavy atom. The van der Waals surface area contributed by atoms with E-state index in [1.165, 1.54) is 5.56 Å². The van der Waals surface area contributed by atoms with Crippen LogP contribution >= 0.6 is 34.9 Å². The molecule has 2 saturated heterocycles. The van der Waals surface area contributed by atoms with E-state index >= 15 is 0 Å². The molecule has 5 N–H and O–H groups in total. The normalized spacial score (nSPS) is 15.9. The first kappa shape index (κ1) is 57.1. The van der Waals surface area contributed by atoms with Gasteiger partial charge in [0, 0.05) is 86.7 Å². The molecule has 0 saturated carbocycles. The van der Waals surface area contributed by atoms with Gasteiger partial charge >= 0.3 is 0 Å². The Kier molecular flexibility index (Phi) is 21.6. The summed E-state index contributed by atoms with van der Waals surface area (Å²) in [5.74, 6) is 2.41. The number of piperidine rings is 2. The minimum Gasteiger partial charge on any atom is -0.483 e. The molecule has 2 atom stereocenters. The zero-order valence-corrected chi connectivity index (χ0v) is 44.8. The number of halogens is 1. The highest BCUT2D eigenvalue weighted by Crippen LogP contribution is 2.46. The molecule has 386 valence electrons. The number of carbonyl (C=O) groups is 4. The topological polar surface area (TPSA) is 193 Å². The Bertz CT molecular complexity index is 2760. The molecular formula is C54H69ClN8O7S2. The average molecular weight is 1040 g/mol. The number of ether oxygens (including phenoxy) is 1. The summed E-state index contributed by atoms with van der Waals surface area (Å²) in [6.07, 6.45) is 8.66. The van der Waals surface area contributed by atoms with Crippen LogP contribution in [-0.2, 0) is 20.1 Å². The molecule has 5 heterocycles. The fraction of sp³-hybridized carbons (Fsp3) is 0.407. The van der Waals surface area contributed by atoms with E-state index in [0.29, 0.717) is 41.1 Å². The third-order valence-corrected chi connectivity index (χ3v) is 16.1. The average Bonchev–Trinajstić information content (AvgIpc) is 3.97. The summed E-state index contributed by atoms with van der Waals surface area (Å²) in [4.78, 5) is 64.1. The van der Waals surface area contributed by atoms with E-state index < -0.39 is 6.04 Å². The zero-order valence-electron chi connectivity index (χ0n) is 42.4. The number of nitrogens with one attached hydrogen (secondary N) is 3. The number of rotatable bonds is 18. The number of aromatic amines is 1. The van der Waals surface area contributed by atoms with E-state index in [0.717, 1.165) is 138 Å². The number of allylic oxidation sites excluding steroid dienone is 1. The monoisotopic (exact) mass is 1040 g/mol. The lowest BCUT2D eigenvalue weighted by molar-refractivity contribution is -0.122. The zero-order chi connectivity index (χ0) is 52.5. The highest BCUT2D eigenvalue weighted by atomic mass is 35.5. The van der Waals surface area contributed by atoms with Gasteiger partial charge in [0.2, 0.25) is 11.9 Å². The van der Waals surface area contributed by atoms with E-state index in [-0.39, 0.29) is 18.1 Å². The number of pyridine rings is 1. The Morgan fingerprint density at radius 1 is 1.04 bits per heavy atom. The predicted molar refractivity (Wildman–Crippen MR) is 296 cm³/mol. The molecule has 2 fully saturated rings. The summed E-state index contributed by atoms with van der Waals surface area (Å²) < 4.78 is 8.11. The van der Waals surface area contributed by atoms with Gasteiger partial charge in [0.25, 0.3) is 0 Å². The number of carbonyl (C=O) groups excluding carboxylic acids is 4. The maximum absolute atomic E-state index is 13.0. The molecule has 0 radical (unpaired) electrons. The second-order valence-electron chi connectivity index (χ2n) is 17.9. The van der Waals surface area contributed by atoms with Crippen molar-refractivity contribution < 1.29 is 34.1 Å². The fourth-order valence-corrected chi connectivity index (χ4v) is 12.3. The number of likely N-dealkylation sites (N-methyl/N-ethyl adjacent to an activating group) is 2. The van der Waals surface area contributed by atoms with Gasteiger partial charge in [-0.25, -0.2) is 9.29 Å². The third-order valence-electron chi connectivity index (χ3n) is 13.1. The smallest absolute Gasteiger partial charge is 0.242 e. The van der Waals surface area contributed by atoms with Crippen LogP contribution in [0.3, 0.4) is 0 Å². The van der Waals surface area contributed by atoms with Crippen molar-refractivity contribution in [3.05, 3.63) is 106 Å². The lowest BCUT2D eigenvalue weighted by Gasteiger charge is -2.45. The molecule has 0 bridgehead atoms. The number of hydrogen-bond acceptors (Lipinski definition) is 15. The second kappa shape index (κ2) is 27.3. The molecule has 72 heavy (non-hydrogen) atoms. The number of aromatic nitrogens is 3. The van der Waals surface area contributed by atoms with Crippen LogP contribution < -0.4 is 25.2 Å². The molecule has 2 unspecified atom stereocenters. The Hall–Kier alpha value is -5.82. The first-order valence-electron chi connectivity index (χ1n) is 23.9. The van der Waals surface area contributed by atoms with Crippen LogP contribution in [0.25, 0.3) is 32.4 Å². The maximum Gasteiger partial charge on any atom is 0.242 e. The Morgan fingerprint density at radius 3 is 2.46 bits per heavy atom. The van der Waals surface area contributed by atoms with Crippen molar-refractivity contribution in [1.82, 2.24) is 24.6 Å². The van der Waals surface area contributed by atoms with Crippen LogP contribution in [0.5, 0.6) is 5.75 Å². The number of H-pyrrole nitrogens is 1. The molecule has 0 spiro atoms. The van der Waals surface area contributed by atoms with Crippen LogP contribution in [0.4, 0.5) is 17.3 Å². The van der Waals surface area contributed by atoms with E-state index in [1.54, 1.807) is 18.4 Å². The molecule has 2 aliphatic heterocycles. The van der Waals surface area contributed by atoms with Gasteiger partial charge in [0.05, 0.1) is 21.8 Å². The van der Waals surface area contributed by atoms with Gasteiger partial charge in [-0.05, 0) is 112 Å². The number of aliphatic hydroxyl groups excluding tert-OH is 2. The molecule has 6 aromatic rings. The van der Waals surface area contributed by atoms with Crippen molar-refractivity contribution in [1.29, 1.82) is 0 Å². The van der Waals surface area contributed by atoms with Crippen molar-refractivity contribution in [3.63, 3.8) is 0 Å². The van der Waals surface area contributed by atoms with Gasteiger partial charge < -0.3 is 45.2 Å². The lowest BCUT2D eigenvalue weighted by atomic mass is 9.85. The summed E-state index contributed by atoms with van der Waals surface area (Å²) in [6.45, 7) is 15.0. The SMILES string of the molecule is C=CCCC(C(=O)NC)N(C)c1ccc(C2CCN(c3nc4nc(CSN5CCC(Nc6cccc(-c7sc(C)c(OCC=O)c7Cl)c6)CC5(C)C)ccc4[nH]3)CC2)c2cccc(C=O)c12.C=O.CO.CO. The van der Waals surface area contributed by atoms with Crippen LogP contribution in [-0.4, -0.2) is 127 Å². The molecule has 1 amide bonds. The van der Waals surface area contributed by atoms with E-state index in [4.69, 9.17) is 41.3 Å². The predicted octanol–water partition coefficient (Wildman–Crippen LogP) is 9.63. The number of aryl methyl sites for hydroxylation is 1. The van der Waals surface area contributed by atoms with Gasteiger partial charge in [0.15, 0.2) is 24.0 Å². The van der Waals surface area contributed by atoms with Crippen molar-refractivity contribution >= 4 is 99.4 Å². The number of nitrogens with zero attached hydrogens (tertiary/aromatic N) is 5. The summed E-state index contributed by atoms with van der Waals surface area (Å²) in [5, 5.41) is 23.1. The van der Waals surface area contributed by atoms with Crippen LogP contribution in [0, 0.1) is 6.92 Å². The highest BCUT2D eigenvalue weighted by molar-refractivity contribution is 7.96. The minimum atomic E-state index is -0.398. The van der Waals surface area contributed by atoms with Gasteiger partial charge in [-0.15, -0.1) is 17.9 Å². The van der Waals surface area contributed by atoms with Gasteiger partial charge in [0.1, 0.15) is 24.5 Å². The fourth-order valence-electron chi connectivity index (χ4n) is 9.69. The summed E-state index contributed by atoms with van der Waals surface area (Å²) in [5.41, 5.74) is 7.40. The lowest BCUT2D eigenvalue weighted by Crippen LogP contribution is -2.49. The van der Waals surface area contributed by atoms with Crippen molar-refractivity contribution in [2.75, 3.05) is 69.7 Å². The number of benzene rings is 3. The first-order chi connectivity index (χ1) is 34.9. The number of thiophene rings is 1. The molecular weight excluding hydrogens is 972 g/mol. The van der Waals surface area contributed by atoms with Gasteiger partial charge in [-0.3, -0.25) is 14.4 Å². The summed E-state index contributed by atoms with van der Waals surface area (Å²) in [6, 6.07) is 22.7. The van der Waals surface area contributed by atoms with Crippen LogP contribution in [0.15, 0.2) is 79.4 Å². The number of amides is 1. The van der Waals surface area contributed by atoms with E-state index in [1.807, 2.05) is 61.9 Å². The van der Waals surface area contributed by atoms with Gasteiger partial charge in [-0.1, -0.05) is 66.0 Å². The first-order valence-corrected chi connectivity index (χ1v) is 26.0. The molecule has 0 aliphatic carbocycles. The molecule has 2 aliphatic rings. The minimum absolute atomic E-state index is 0.0200. The number of hydrogen-bond donors (Lipinski definition) is 5. The largest absolute Gasteiger partial charge is 0.483 e. The number of aldehydes is 2. The Balaban J connectivity index is 0.00000155. The van der Waals surface area contributed by atoms with E-state index in [2.05, 4.69) is 93.8 Å². The Labute approximate surface area is 436 Å². The van der Waals surface area contributed by atoms with Crippen LogP contribution in [0.2, 0.25) is 5.02 Å². The summed E-state index contributed by atoms with van der Waals surface area (Å²) >= 11 is 10.1. The van der Waals surface area contributed by atoms with Crippen molar-refractivity contribution in [2.45, 2.75) is 88.6 Å². The van der Waals surface area contributed by atoms with Gasteiger partial charge in [-0.2, -0.15) is 4.98 Å². The number of anilines is 3. The van der Waals surface area contributed by atoms with Crippen molar-refractivity contribution in [3.8, 4) is 16.2 Å². The number of aliphatic hydroxyl groups is 2. The second-order valence-corrected chi connectivity index (χ2v) is 20.5.